The van der Waals surface area contributed by atoms with Gasteiger partial charge >= 0.3 is 0 Å². The minimum Gasteiger partial charge on any atom is -0.384 e. The predicted octanol–water partition coefficient (Wildman–Crippen LogP) is 1.20. The highest BCUT2D eigenvalue weighted by molar-refractivity contribution is 6.36. The Labute approximate surface area is 85.7 Å². The third kappa shape index (κ3) is 1.57. The molecule has 0 spiro atoms. The van der Waals surface area contributed by atoms with Crippen LogP contribution in [0, 0.1) is 0 Å². The number of hydrogen-bond acceptors (Lipinski definition) is 4. The van der Waals surface area contributed by atoms with Crippen molar-refractivity contribution in [3.05, 3.63) is 35.9 Å². The van der Waals surface area contributed by atoms with Crippen LogP contribution in [0.2, 0.25) is 0 Å². The van der Waals surface area contributed by atoms with Crippen LogP contribution in [0.25, 0.3) is 10.9 Å². The highest BCUT2D eigenvalue weighted by atomic mass is 16.2. The van der Waals surface area contributed by atoms with Crippen molar-refractivity contribution in [3.8, 4) is 0 Å². The van der Waals surface area contributed by atoms with Crippen molar-refractivity contribution in [2.24, 2.45) is 0 Å². The molecule has 4 heteroatoms. The number of aldehydes is 1. The summed E-state index contributed by atoms with van der Waals surface area (Å²) in [6, 6.07) is 8.49. The molecule has 2 N–H and O–H groups in total. The zero-order valence-corrected chi connectivity index (χ0v) is 7.81. The van der Waals surface area contributed by atoms with Gasteiger partial charge in [0.05, 0.1) is 11.1 Å². The highest BCUT2D eigenvalue weighted by Crippen LogP contribution is 2.18. The van der Waals surface area contributed by atoms with Gasteiger partial charge in [-0.25, -0.2) is 4.98 Å². The lowest BCUT2D eigenvalue weighted by atomic mass is 10.1. The fourth-order valence-electron chi connectivity index (χ4n) is 1.42. The molecule has 1 heterocycles. The average Bonchev–Trinajstić information content (AvgIpc) is 2.27. The lowest BCUT2D eigenvalue weighted by Crippen LogP contribution is -2.02. The number of hydrogen-bond donors (Lipinski definition) is 1. The molecule has 1 aromatic carbocycles. The normalized spacial score (nSPS) is 10.1. The summed E-state index contributed by atoms with van der Waals surface area (Å²) in [5, 5.41) is 0.789. The third-order valence-corrected chi connectivity index (χ3v) is 2.11. The predicted molar refractivity (Wildman–Crippen MR) is 56.5 cm³/mol. The molecule has 0 aliphatic rings. The van der Waals surface area contributed by atoms with Gasteiger partial charge in [0.2, 0.25) is 5.78 Å². The molecule has 0 fully saturated rings. The topological polar surface area (TPSA) is 73.1 Å². The van der Waals surface area contributed by atoms with Crippen LogP contribution in [0.3, 0.4) is 0 Å². The summed E-state index contributed by atoms with van der Waals surface area (Å²) in [6.45, 7) is 0. The average molecular weight is 200 g/mol. The Hall–Kier alpha value is -2.23. The maximum atomic E-state index is 11.3. The van der Waals surface area contributed by atoms with E-state index in [4.69, 9.17) is 5.73 Å². The molecule has 74 valence electrons. The molecule has 4 nitrogen and oxygen atoms in total. The van der Waals surface area contributed by atoms with Gasteiger partial charge in [0.25, 0.3) is 0 Å². The highest BCUT2D eigenvalue weighted by Gasteiger charge is 2.09. The van der Waals surface area contributed by atoms with Crippen molar-refractivity contribution >= 4 is 28.8 Å². The zero-order valence-electron chi connectivity index (χ0n) is 7.81. The molecule has 0 saturated heterocycles. The van der Waals surface area contributed by atoms with E-state index in [-0.39, 0.29) is 11.8 Å². The van der Waals surface area contributed by atoms with Gasteiger partial charge in [-0.1, -0.05) is 12.1 Å². The first kappa shape index (κ1) is 9.33. The third-order valence-electron chi connectivity index (χ3n) is 2.11. The number of para-hydroxylation sites is 1. The molecule has 0 amide bonds. The number of carbonyl (C=O) groups excluding carboxylic acids is 2. The molecule has 0 aliphatic carbocycles. The number of aromatic nitrogens is 1. The van der Waals surface area contributed by atoms with Crippen LogP contribution in [0.5, 0.6) is 0 Å². The van der Waals surface area contributed by atoms with Gasteiger partial charge in [0.1, 0.15) is 5.82 Å². The first-order valence-corrected chi connectivity index (χ1v) is 4.37. The lowest BCUT2D eigenvalue weighted by Gasteiger charge is -2.02. The van der Waals surface area contributed by atoms with E-state index < -0.39 is 5.78 Å². The molecule has 2 aromatic rings. The van der Waals surface area contributed by atoms with E-state index in [0.717, 1.165) is 5.39 Å². The number of anilines is 1. The quantitative estimate of drug-likeness (QED) is 0.449. The summed E-state index contributed by atoms with van der Waals surface area (Å²) in [4.78, 5) is 25.8. The monoisotopic (exact) mass is 200 g/mol. The largest absolute Gasteiger partial charge is 0.384 e. The van der Waals surface area contributed by atoms with E-state index in [2.05, 4.69) is 4.98 Å². The summed E-state index contributed by atoms with van der Waals surface area (Å²) in [5.74, 6) is -0.257. The second kappa shape index (κ2) is 3.49. The van der Waals surface area contributed by atoms with E-state index in [9.17, 15) is 9.59 Å². The van der Waals surface area contributed by atoms with E-state index in [1.54, 1.807) is 24.3 Å². The molecule has 0 bridgehead atoms. The van der Waals surface area contributed by atoms with Crippen LogP contribution in [0.15, 0.2) is 30.3 Å². The van der Waals surface area contributed by atoms with Crippen molar-refractivity contribution in [1.29, 1.82) is 0 Å². The van der Waals surface area contributed by atoms with E-state index >= 15 is 0 Å². The summed E-state index contributed by atoms with van der Waals surface area (Å²) in [5.41, 5.74) is 6.28. The Balaban J connectivity index is 2.79. The Morgan fingerprint density at radius 3 is 2.80 bits per heavy atom. The number of benzene rings is 1. The van der Waals surface area contributed by atoms with Gasteiger partial charge in [-0.15, -0.1) is 0 Å². The molecule has 0 aliphatic heterocycles. The van der Waals surface area contributed by atoms with Gasteiger partial charge in [0, 0.05) is 5.39 Å². The summed E-state index contributed by atoms with van der Waals surface area (Å²) < 4.78 is 0. The van der Waals surface area contributed by atoms with Gasteiger partial charge in [-0.3, -0.25) is 9.59 Å². The Bertz CT molecular complexity index is 549. The number of carbonyl (C=O) groups is 2. The second-order valence-corrected chi connectivity index (χ2v) is 3.10. The van der Waals surface area contributed by atoms with Gasteiger partial charge in [0.15, 0.2) is 6.29 Å². The molecule has 0 radical (unpaired) electrons. The van der Waals surface area contributed by atoms with Crippen molar-refractivity contribution in [2.45, 2.75) is 0 Å². The Morgan fingerprint density at radius 1 is 1.27 bits per heavy atom. The number of rotatable bonds is 2. The molecular formula is C11H8N2O2. The number of nitrogen functional groups attached to an aromatic ring is 1. The van der Waals surface area contributed by atoms with Crippen molar-refractivity contribution < 1.29 is 9.59 Å². The number of nitrogens with zero attached hydrogens (tertiary/aromatic N) is 1. The molecular weight excluding hydrogens is 192 g/mol. The van der Waals surface area contributed by atoms with Crippen LogP contribution in [-0.4, -0.2) is 17.1 Å². The van der Waals surface area contributed by atoms with Gasteiger partial charge in [-0.2, -0.15) is 0 Å². The number of Topliss-reactive ketones (excluding diaryl/α,β-unsaturated/α-hetero) is 1. The number of fused-ring (bicyclic) bond motifs is 1. The maximum Gasteiger partial charge on any atom is 0.227 e. The zero-order chi connectivity index (χ0) is 10.8. The smallest absolute Gasteiger partial charge is 0.227 e. The minimum absolute atomic E-state index is 0.277. The van der Waals surface area contributed by atoms with Crippen LogP contribution >= 0.6 is 0 Å². The standard InChI is InChI=1S/C11H8N2O2/c12-10-5-4-7-2-1-3-8(9(15)6-14)11(7)13-10/h1-6H,(H2,12,13). The van der Waals surface area contributed by atoms with Crippen molar-refractivity contribution in [1.82, 2.24) is 4.98 Å². The summed E-state index contributed by atoms with van der Waals surface area (Å²) in [7, 11) is 0. The van der Waals surface area contributed by atoms with E-state index in [1.165, 1.54) is 0 Å². The second-order valence-electron chi connectivity index (χ2n) is 3.10. The summed E-state index contributed by atoms with van der Waals surface area (Å²) in [6.07, 6.45) is 0.277. The van der Waals surface area contributed by atoms with Gasteiger partial charge in [-0.05, 0) is 18.2 Å². The number of ketones is 1. The van der Waals surface area contributed by atoms with Crippen LogP contribution in [0.4, 0.5) is 5.82 Å². The van der Waals surface area contributed by atoms with Crippen LogP contribution < -0.4 is 5.73 Å². The Kier molecular flexibility index (Phi) is 2.17. The first-order valence-electron chi connectivity index (χ1n) is 4.37. The lowest BCUT2D eigenvalue weighted by molar-refractivity contribution is -0.104. The minimum atomic E-state index is -0.585. The van der Waals surface area contributed by atoms with Crippen molar-refractivity contribution in [3.63, 3.8) is 0 Å². The molecule has 15 heavy (non-hydrogen) atoms. The molecule has 0 unspecified atom stereocenters. The van der Waals surface area contributed by atoms with Crippen LogP contribution in [0.1, 0.15) is 10.4 Å². The molecule has 0 saturated carbocycles. The molecule has 0 atom stereocenters. The van der Waals surface area contributed by atoms with Crippen LogP contribution in [-0.2, 0) is 4.79 Å². The first-order chi connectivity index (χ1) is 7.22. The van der Waals surface area contributed by atoms with Crippen molar-refractivity contribution in [2.75, 3.05) is 5.73 Å². The van der Waals surface area contributed by atoms with E-state index in [1.807, 2.05) is 6.07 Å². The molecule has 1 aromatic heterocycles. The number of nitrogens with two attached hydrogens (primary N) is 1. The number of pyridine rings is 1. The summed E-state index contributed by atoms with van der Waals surface area (Å²) >= 11 is 0. The molecule has 2 rings (SSSR count). The van der Waals surface area contributed by atoms with Gasteiger partial charge < -0.3 is 5.73 Å². The fraction of sp³-hybridized carbons (Fsp3) is 0. The Morgan fingerprint density at radius 2 is 2.07 bits per heavy atom. The maximum absolute atomic E-state index is 11.3. The van der Waals surface area contributed by atoms with E-state index in [0.29, 0.717) is 11.3 Å². The fourth-order valence-corrected chi connectivity index (χ4v) is 1.42. The SMILES string of the molecule is Nc1ccc2cccc(C(=O)C=O)c2n1.